The van der Waals surface area contributed by atoms with Gasteiger partial charge in [0.1, 0.15) is 0 Å². The Morgan fingerprint density at radius 1 is 1.17 bits per heavy atom. The topological polar surface area (TPSA) is 71.8 Å². The van der Waals surface area contributed by atoms with Crippen molar-refractivity contribution >= 4 is 47.2 Å². The number of nitrogens with one attached hydrogen (secondary N) is 2. The Hall–Kier alpha value is -2.12. The molecule has 4 rings (SSSR count). The second-order valence-electron chi connectivity index (χ2n) is 7.01. The highest BCUT2D eigenvalue weighted by atomic mass is 35.5. The van der Waals surface area contributed by atoms with E-state index < -0.39 is 0 Å². The summed E-state index contributed by atoms with van der Waals surface area (Å²) in [5.41, 5.74) is 5.37. The van der Waals surface area contributed by atoms with E-state index in [1.165, 1.54) is 11.1 Å². The fourth-order valence-electron chi connectivity index (χ4n) is 3.54. The van der Waals surface area contributed by atoms with Crippen molar-refractivity contribution < 1.29 is 4.79 Å². The Kier molecular flexibility index (Phi) is 7.36. The molecule has 2 heterocycles. The van der Waals surface area contributed by atoms with E-state index in [4.69, 9.17) is 23.2 Å². The van der Waals surface area contributed by atoms with E-state index in [0.717, 1.165) is 36.5 Å². The maximum absolute atomic E-state index is 12.8. The molecule has 1 aliphatic heterocycles. The van der Waals surface area contributed by atoms with E-state index in [0.29, 0.717) is 28.7 Å². The summed E-state index contributed by atoms with van der Waals surface area (Å²) in [6.45, 7) is 4.26. The van der Waals surface area contributed by atoms with Gasteiger partial charge in [-0.15, -0.1) is 17.5 Å². The minimum absolute atomic E-state index is 0. The monoisotopic (exact) mass is 465 g/mol. The van der Waals surface area contributed by atoms with Gasteiger partial charge < -0.3 is 10.6 Å². The summed E-state index contributed by atoms with van der Waals surface area (Å²) in [4.78, 5) is 12.8. The van der Waals surface area contributed by atoms with E-state index in [1.54, 1.807) is 16.8 Å². The van der Waals surface area contributed by atoms with Gasteiger partial charge in [-0.25, -0.2) is 4.68 Å². The van der Waals surface area contributed by atoms with Crippen LogP contribution in [0.4, 0.5) is 5.69 Å². The van der Waals surface area contributed by atoms with Gasteiger partial charge in [0.15, 0.2) is 5.69 Å². The van der Waals surface area contributed by atoms with Crippen LogP contribution in [0.25, 0.3) is 0 Å². The number of benzene rings is 2. The Bertz CT molecular complexity index is 1070. The van der Waals surface area contributed by atoms with Crippen LogP contribution >= 0.6 is 35.6 Å². The fraction of sp³-hybridized carbons (Fsp3) is 0.286. The van der Waals surface area contributed by atoms with Crippen molar-refractivity contribution in [2.75, 3.05) is 11.9 Å². The normalized spacial score (nSPS) is 12.8. The molecular weight excluding hydrogens is 445 g/mol. The molecule has 158 valence electrons. The standard InChI is InChI=1S/C21H21Cl2N5O.ClH/c1-2-19-20(26-27-28(19)12-13-3-6-17(22)18(23)9-13)21(29)25-16-5-4-15-11-24-8-7-14(15)10-16;/h3-6,9-10,24H,2,7-8,11-12H2,1H3,(H,25,29);1H. The number of hydrogen-bond acceptors (Lipinski definition) is 4. The van der Waals surface area contributed by atoms with Crippen LogP contribution < -0.4 is 10.6 Å². The first kappa shape index (κ1) is 22.6. The molecule has 0 unspecified atom stereocenters. The average Bonchev–Trinajstić information content (AvgIpc) is 3.13. The molecule has 3 aromatic rings. The van der Waals surface area contributed by atoms with Gasteiger partial charge in [-0.1, -0.05) is 47.5 Å². The van der Waals surface area contributed by atoms with Crippen LogP contribution in [0.1, 0.15) is 39.8 Å². The number of carbonyl (C=O) groups is 1. The van der Waals surface area contributed by atoms with Crippen LogP contribution in [0, 0.1) is 0 Å². The highest BCUT2D eigenvalue weighted by molar-refractivity contribution is 6.42. The summed E-state index contributed by atoms with van der Waals surface area (Å²) in [5.74, 6) is -0.254. The zero-order valence-corrected chi connectivity index (χ0v) is 18.7. The highest BCUT2D eigenvalue weighted by Crippen LogP contribution is 2.24. The third-order valence-corrected chi connectivity index (χ3v) is 5.79. The fourth-order valence-corrected chi connectivity index (χ4v) is 3.86. The van der Waals surface area contributed by atoms with Crippen molar-refractivity contribution in [1.82, 2.24) is 20.3 Å². The Morgan fingerprint density at radius 3 is 2.77 bits per heavy atom. The van der Waals surface area contributed by atoms with Crippen molar-refractivity contribution in [2.45, 2.75) is 32.9 Å². The van der Waals surface area contributed by atoms with Gasteiger partial charge >= 0.3 is 0 Å². The molecule has 0 saturated carbocycles. The van der Waals surface area contributed by atoms with E-state index in [9.17, 15) is 4.79 Å². The van der Waals surface area contributed by atoms with Crippen LogP contribution in [-0.4, -0.2) is 27.4 Å². The van der Waals surface area contributed by atoms with E-state index >= 15 is 0 Å². The molecular formula is C21H22Cl3N5O. The van der Waals surface area contributed by atoms with Crippen molar-refractivity contribution in [3.05, 3.63) is 74.5 Å². The highest BCUT2D eigenvalue weighted by Gasteiger charge is 2.19. The lowest BCUT2D eigenvalue weighted by Crippen LogP contribution is -2.24. The predicted octanol–water partition coefficient (Wildman–Crippen LogP) is 4.52. The Morgan fingerprint density at radius 2 is 2.00 bits per heavy atom. The molecule has 1 amide bonds. The van der Waals surface area contributed by atoms with Gasteiger partial charge in [0.2, 0.25) is 0 Å². The summed E-state index contributed by atoms with van der Waals surface area (Å²) in [5, 5.41) is 15.6. The number of fused-ring (bicyclic) bond motifs is 1. The number of aromatic nitrogens is 3. The van der Waals surface area contributed by atoms with Crippen LogP contribution in [0.3, 0.4) is 0 Å². The lowest BCUT2D eigenvalue weighted by atomic mass is 10.0. The van der Waals surface area contributed by atoms with Gasteiger partial charge in [0.05, 0.1) is 22.3 Å². The lowest BCUT2D eigenvalue weighted by molar-refractivity contribution is 0.102. The van der Waals surface area contributed by atoms with Crippen molar-refractivity contribution in [3.8, 4) is 0 Å². The molecule has 0 saturated heterocycles. The molecule has 6 nitrogen and oxygen atoms in total. The molecule has 0 aliphatic carbocycles. The Balaban J connectivity index is 0.00000256. The minimum atomic E-state index is -0.254. The molecule has 0 spiro atoms. The predicted molar refractivity (Wildman–Crippen MR) is 122 cm³/mol. The summed E-state index contributed by atoms with van der Waals surface area (Å²) >= 11 is 12.1. The molecule has 2 aromatic carbocycles. The molecule has 0 fully saturated rings. The largest absolute Gasteiger partial charge is 0.321 e. The zero-order chi connectivity index (χ0) is 20.4. The van der Waals surface area contributed by atoms with Crippen LogP contribution in [0.15, 0.2) is 36.4 Å². The minimum Gasteiger partial charge on any atom is -0.321 e. The third-order valence-electron chi connectivity index (χ3n) is 5.05. The van der Waals surface area contributed by atoms with Crippen molar-refractivity contribution in [2.24, 2.45) is 0 Å². The summed E-state index contributed by atoms with van der Waals surface area (Å²) in [6, 6.07) is 11.5. The van der Waals surface area contributed by atoms with Crippen molar-refractivity contribution in [1.29, 1.82) is 0 Å². The molecule has 1 aliphatic rings. The summed E-state index contributed by atoms with van der Waals surface area (Å²) < 4.78 is 1.73. The summed E-state index contributed by atoms with van der Waals surface area (Å²) in [7, 11) is 0. The SMILES string of the molecule is CCc1c(C(=O)Nc2ccc3c(c2)CCNC3)nnn1Cc1ccc(Cl)c(Cl)c1.Cl. The van der Waals surface area contributed by atoms with Gasteiger partial charge in [-0.3, -0.25) is 4.79 Å². The molecule has 2 N–H and O–H groups in total. The zero-order valence-electron chi connectivity index (χ0n) is 16.4. The van der Waals surface area contributed by atoms with Crippen LogP contribution in [0.2, 0.25) is 10.0 Å². The smallest absolute Gasteiger partial charge is 0.278 e. The lowest BCUT2D eigenvalue weighted by Gasteiger charge is -2.18. The summed E-state index contributed by atoms with van der Waals surface area (Å²) in [6.07, 6.45) is 1.59. The average molecular weight is 467 g/mol. The molecule has 30 heavy (non-hydrogen) atoms. The number of carbonyl (C=O) groups excluding carboxylic acids is 1. The second kappa shape index (κ2) is 9.79. The maximum atomic E-state index is 12.8. The van der Waals surface area contributed by atoms with E-state index in [2.05, 4.69) is 27.0 Å². The number of anilines is 1. The number of nitrogens with zero attached hydrogens (tertiary/aromatic N) is 3. The van der Waals surface area contributed by atoms with E-state index in [-0.39, 0.29) is 18.3 Å². The van der Waals surface area contributed by atoms with Crippen molar-refractivity contribution in [3.63, 3.8) is 0 Å². The second-order valence-corrected chi connectivity index (χ2v) is 7.82. The quantitative estimate of drug-likeness (QED) is 0.580. The van der Waals surface area contributed by atoms with Gasteiger partial charge in [-0.05, 0) is 60.3 Å². The Labute approximate surface area is 191 Å². The first-order valence-electron chi connectivity index (χ1n) is 9.55. The third kappa shape index (κ3) is 4.78. The van der Waals surface area contributed by atoms with Gasteiger partial charge in [0, 0.05) is 12.2 Å². The number of amides is 1. The van der Waals surface area contributed by atoms with Crippen LogP contribution in [0.5, 0.6) is 0 Å². The molecule has 9 heteroatoms. The molecule has 0 bridgehead atoms. The van der Waals surface area contributed by atoms with Gasteiger partial charge in [-0.2, -0.15) is 0 Å². The number of hydrogen-bond donors (Lipinski definition) is 2. The first-order chi connectivity index (χ1) is 14.0. The number of halogens is 3. The van der Waals surface area contributed by atoms with E-state index in [1.807, 2.05) is 25.1 Å². The number of rotatable bonds is 5. The first-order valence-corrected chi connectivity index (χ1v) is 10.3. The van der Waals surface area contributed by atoms with Gasteiger partial charge in [0.25, 0.3) is 5.91 Å². The molecule has 1 aromatic heterocycles. The molecule has 0 radical (unpaired) electrons. The maximum Gasteiger partial charge on any atom is 0.278 e. The molecule has 0 atom stereocenters. The van der Waals surface area contributed by atoms with Crippen LogP contribution in [-0.2, 0) is 25.9 Å².